The summed E-state index contributed by atoms with van der Waals surface area (Å²) in [5.74, 6) is 0.443. The Kier molecular flexibility index (Phi) is 5.98. The number of hydrogen-bond acceptors (Lipinski definition) is 3. The molecule has 1 aliphatic heterocycles. The van der Waals surface area contributed by atoms with Crippen molar-refractivity contribution in [1.29, 1.82) is 0 Å². The zero-order chi connectivity index (χ0) is 16.1. The Balaban J connectivity index is 1.84. The van der Waals surface area contributed by atoms with Crippen LogP contribution in [0.25, 0.3) is 0 Å². The minimum Gasteiger partial charge on any atom is -0.388 e. The minimum absolute atomic E-state index is 0.198. The fourth-order valence-electron chi connectivity index (χ4n) is 2.88. The quantitative estimate of drug-likeness (QED) is 0.908. The number of amides is 1. The molecule has 2 rings (SSSR count). The number of benzene rings is 1. The number of piperidine rings is 1. The van der Waals surface area contributed by atoms with Crippen LogP contribution in [0.2, 0.25) is 0 Å². The molecule has 0 aliphatic carbocycles. The maximum absolute atomic E-state index is 12.3. The van der Waals surface area contributed by atoms with Crippen molar-refractivity contribution < 1.29 is 9.90 Å². The normalized spacial score (nSPS) is 18.0. The molecular weight excluding hydrogens is 276 g/mol. The molecule has 1 N–H and O–H groups in total. The monoisotopic (exact) mass is 304 g/mol. The van der Waals surface area contributed by atoms with Crippen molar-refractivity contribution in [3.05, 3.63) is 35.9 Å². The van der Waals surface area contributed by atoms with Gasteiger partial charge in [-0.05, 0) is 45.2 Å². The molecular formula is C18H28N2O2. The Hall–Kier alpha value is -1.39. The Morgan fingerprint density at radius 3 is 2.41 bits per heavy atom. The van der Waals surface area contributed by atoms with Crippen LogP contribution in [-0.4, -0.2) is 53.5 Å². The highest BCUT2D eigenvalue weighted by molar-refractivity contribution is 5.78. The molecule has 1 heterocycles. The lowest BCUT2D eigenvalue weighted by atomic mass is 9.87. The number of aliphatic hydroxyl groups excluding tert-OH is 1. The first-order valence-corrected chi connectivity index (χ1v) is 8.20. The molecule has 4 heteroatoms. The largest absolute Gasteiger partial charge is 0.388 e. The third-order valence-electron chi connectivity index (χ3n) is 4.75. The van der Waals surface area contributed by atoms with Crippen molar-refractivity contribution in [3.8, 4) is 0 Å². The molecule has 0 radical (unpaired) electrons. The second kappa shape index (κ2) is 7.75. The van der Waals surface area contributed by atoms with Crippen LogP contribution in [0.3, 0.4) is 0 Å². The SMILES string of the molecule is CC(C)N(C)CC(=O)N1CCC(C(O)c2ccccc2)CC1. The van der Waals surface area contributed by atoms with Gasteiger partial charge in [0.05, 0.1) is 12.6 Å². The van der Waals surface area contributed by atoms with Crippen LogP contribution in [0.5, 0.6) is 0 Å². The first-order chi connectivity index (χ1) is 10.5. The molecule has 0 spiro atoms. The van der Waals surface area contributed by atoms with Gasteiger partial charge in [-0.25, -0.2) is 0 Å². The zero-order valence-electron chi connectivity index (χ0n) is 13.9. The molecule has 1 aromatic rings. The Morgan fingerprint density at radius 2 is 1.86 bits per heavy atom. The van der Waals surface area contributed by atoms with Crippen molar-refractivity contribution in [2.75, 3.05) is 26.7 Å². The van der Waals surface area contributed by atoms with Crippen molar-refractivity contribution in [3.63, 3.8) is 0 Å². The van der Waals surface area contributed by atoms with Crippen LogP contribution < -0.4 is 0 Å². The molecule has 0 aromatic heterocycles. The average Bonchev–Trinajstić information content (AvgIpc) is 2.55. The lowest BCUT2D eigenvalue weighted by molar-refractivity contribution is -0.134. The van der Waals surface area contributed by atoms with E-state index in [9.17, 15) is 9.90 Å². The van der Waals surface area contributed by atoms with Gasteiger partial charge in [0.1, 0.15) is 0 Å². The molecule has 0 bridgehead atoms. The molecule has 0 saturated carbocycles. The standard InChI is InChI=1S/C18H28N2O2/c1-14(2)19(3)13-17(21)20-11-9-16(10-12-20)18(22)15-7-5-4-6-8-15/h4-8,14,16,18,22H,9-13H2,1-3H3. The summed E-state index contributed by atoms with van der Waals surface area (Å²) in [5, 5.41) is 10.5. The number of likely N-dealkylation sites (tertiary alicyclic amines) is 1. The fourth-order valence-corrected chi connectivity index (χ4v) is 2.88. The summed E-state index contributed by atoms with van der Waals surface area (Å²) in [5.41, 5.74) is 0.979. The van der Waals surface area contributed by atoms with Crippen LogP contribution >= 0.6 is 0 Å². The zero-order valence-corrected chi connectivity index (χ0v) is 13.9. The summed E-state index contributed by atoms with van der Waals surface area (Å²) in [4.78, 5) is 16.3. The minimum atomic E-state index is -0.420. The number of likely N-dealkylation sites (N-methyl/N-ethyl adjacent to an activating group) is 1. The van der Waals surface area contributed by atoms with E-state index in [1.54, 1.807) is 0 Å². The summed E-state index contributed by atoms with van der Waals surface area (Å²) >= 11 is 0. The van der Waals surface area contributed by atoms with Crippen LogP contribution in [0.4, 0.5) is 0 Å². The van der Waals surface area contributed by atoms with Crippen LogP contribution in [0.15, 0.2) is 30.3 Å². The number of nitrogens with zero attached hydrogens (tertiary/aromatic N) is 2. The Morgan fingerprint density at radius 1 is 1.27 bits per heavy atom. The van der Waals surface area contributed by atoms with E-state index in [2.05, 4.69) is 18.7 Å². The van der Waals surface area contributed by atoms with Gasteiger partial charge in [-0.2, -0.15) is 0 Å². The second-order valence-electron chi connectivity index (χ2n) is 6.58. The van der Waals surface area contributed by atoms with E-state index >= 15 is 0 Å². The van der Waals surface area contributed by atoms with Gasteiger partial charge in [0.15, 0.2) is 0 Å². The van der Waals surface area contributed by atoms with Crippen molar-refractivity contribution >= 4 is 5.91 Å². The van der Waals surface area contributed by atoms with Crippen LogP contribution in [0, 0.1) is 5.92 Å². The van der Waals surface area contributed by atoms with E-state index in [4.69, 9.17) is 0 Å². The number of carbonyl (C=O) groups excluding carboxylic acids is 1. The van der Waals surface area contributed by atoms with E-state index < -0.39 is 6.10 Å². The maximum Gasteiger partial charge on any atom is 0.236 e. The Labute approximate surface area is 133 Å². The lowest BCUT2D eigenvalue weighted by Crippen LogP contribution is -2.45. The second-order valence-corrected chi connectivity index (χ2v) is 6.58. The van der Waals surface area contributed by atoms with Crippen LogP contribution in [-0.2, 0) is 4.79 Å². The summed E-state index contributed by atoms with van der Waals surface area (Å²) in [6.45, 7) is 6.16. The third kappa shape index (κ3) is 4.31. The topological polar surface area (TPSA) is 43.8 Å². The molecule has 1 saturated heterocycles. The predicted molar refractivity (Wildman–Crippen MR) is 88.5 cm³/mol. The number of aliphatic hydroxyl groups is 1. The maximum atomic E-state index is 12.3. The molecule has 1 unspecified atom stereocenters. The predicted octanol–water partition coefficient (Wildman–Crippen LogP) is 2.30. The first-order valence-electron chi connectivity index (χ1n) is 8.20. The van der Waals surface area contributed by atoms with Gasteiger partial charge in [0.2, 0.25) is 5.91 Å². The fraction of sp³-hybridized carbons (Fsp3) is 0.611. The van der Waals surface area contributed by atoms with Gasteiger partial charge < -0.3 is 10.0 Å². The number of hydrogen-bond donors (Lipinski definition) is 1. The lowest BCUT2D eigenvalue weighted by Gasteiger charge is -2.35. The van der Waals surface area contributed by atoms with Crippen LogP contribution in [0.1, 0.15) is 38.4 Å². The molecule has 1 amide bonds. The van der Waals surface area contributed by atoms with E-state index in [-0.39, 0.29) is 11.8 Å². The van der Waals surface area contributed by atoms with E-state index in [1.165, 1.54) is 0 Å². The average molecular weight is 304 g/mol. The van der Waals surface area contributed by atoms with Gasteiger partial charge in [-0.3, -0.25) is 9.69 Å². The summed E-state index contributed by atoms with van der Waals surface area (Å²) in [6, 6.07) is 10.2. The van der Waals surface area contributed by atoms with Gasteiger partial charge in [-0.15, -0.1) is 0 Å². The van der Waals surface area contributed by atoms with Gasteiger partial charge >= 0.3 is 0 Å². The molecule has 4 nitrogen and oxygen atoms in total. The van der Waals surface area contributed by atoms with Crippen molar-refractivity contribution in [2.45, 2.75) is 38.8 Å². The van der Waals surface area contributed by atoms with Crippen molar-refractivity contribution in [2.24, 2.45) is 5.92 Å². The summed E-state index contributed by atoms with van der Waals surface area (Å²) in [6.07, 6.45) is 1.32. The van der Waals surface area contributed by atoms with E-state index in [1.807, 2.05) is 42.3 Å². The molecule has 1 atom stereocenters. The van der Waals surface area contributed by atoms with Crippen molar-refractivity contribution in [1.82, 2.24) is 9.80 Å². The molecule has 1 aromatic carbocycles. The Bertz CT molecular complexity index is 467. The highest BCUT2D eigenvalue weighted by Gasteiger charge is 2.28. The highest BCUT2D eigenvalue weighted by Crippen LogP contribution is 2.30. The van der Waals surface area contributed by atoms with Gasteiger partial charge in [0.25, 0.3) is 0 Å². The highest BCUT2D eigenvalue weighted by atomic mass is 16.3. The summed E-state index contributed by atoms with van der Waals surface area (Å²) < 4.78 is 0. The van der Waals surface area contributed by atoms with Gasteiger partial charge in [0, 0.05) is 19.1 Å². The van der Waals surface area contributed by atoms with E-state index in [0.717, 1.165) is 31.5 Å². The third-order valence-corrected chi connectivity index (χ3v) is 4.75. The molecule has 22 heavy (non-hydrogen) atoms. The van der Waals surface area contributed by atoms with E-state index in [0.29, 0.717) is 12.6 Å². The smallest absolute Gasteiger partial charge is 0.236 e. The number of carbonyl (C=O) groups is 1. The first kappa shape index (κ1) is 17.0. The summed E-state index contributed by atoms with van der Waals surface area (Å²) in [7, 11) is 1.98. The molecule has 122 valence electrons. The van der Waals surface area contributed by atoms with Gasteiger partial charge in [-0.1, -0.05) is 30.3 Å². The molecule has 1 fully saturated rings. The number of rotatable bonds is 5. The molecule has 1 aliphatic rings.